The van der Waals surface area contributed by atoms with Crippen LogP contribution in [0.15, 0.2) is 29.4 Å². The van der Waals surface area contributed by atoms with Gasteiger partial charge < -0.3 is 10.8 Å². The third-order valence-corrected chi connectivity index (χ3v) is 4.91. The number of thiophene rings is 1. The Bertz CT molecular complexity index is 986. The van der Waals surface area contributed by atoms with Crippen molar-refractivity contribution in [3.05, 3.63) is 39.3 Å². The number of anilines is 1. The van der Waals surface area contributed by atoms with E-state index >= 15 is 0 Å². The molecule has 3 rings (SSSR count). The van der Waals surface area contributed by atoms with Crippen LogP contribution < -0.4 is 5.73 Å². The molecule has 0 atom stereocenters. The van der Waals surface area contributed by atoms with Crippen LogP contribution in [0.2, 0.25) is 0 Å². The van der Waals surface area contributed by atoms with Crippen molar-refractivity contribution in [2.45, 2.75) is 5.16 Å². The van der Waals surface area contributed by atoms with E-state index < -0.39 is 10.9 Å². The number of nitro groups is 1. The summed E-state index contributed by atoms with van der Waals surface area (Å²) in [6.07, 6.45) is 1.79. The smallest absolute Gasteiger partial charge is 0.348 e. The molecule has 2 aromatic heterocycles. The van der Waals surface area contributed by atoms with Crippen molar-refractivity contribution < 1.29 is 14.8 Å². The molecule has 0 aliphatic rings. The Morgan fingerprint density at radius 3 is 2.79 bits per heavy atom. The molecule has 0 saturated carbocycles. The Balaban J connectivity index is 2.35. The summed E-state index contributed by atoms with van der Waals surface area (Å²) in [5.41, 5.74) is 6.82. The molecule has 0 fully saturated rings. The first kappa shape index (κ1) is 16.1. The molecule has 0 radical (unpaired) electrons. The minimum absolute atomic E-state index is 0.0239. The zero-order valence-electron chi connectivity index (χ0n) is 12.2. The summed E-state index contributed by atoms with van der Waals surface area (Å²) >= 11 is 2.25. The number of rotatable bonds is 4. The van der Waals surface area contributed by atoms with E-state index in [2.05, 4.69) is 9.97 Å². The second kappa shape index (κ2) is 6.06. The van der Waals surface area contributed by atoms with Gasteiger partial charge in [0.2, 0.25) is 0 Å². The maximum Gasteiger partial charge on any atom is 0.348 e. The van der Waals surface area contributed by atoms with Gasteiger partial charge in [-0.25, -0.2) is 14.8 Å². The van der Waals surface area contributed by atoms with Crippen molar-refractivity contribution in [3.8, 4) is 11.3 Å². The molecule has 8 nitrogen and oxygen atoms in total. The van der Waals surface area contributed by atoms with E-state index in [4.69, 9.17) is 5.73 Å². The first-order chi connectivity index (χ1) is 11.4. The van der Waals surface area contributed by atoms with Gasteiger partial charge in [0.15, 0.2) is 5.16 Å². The molecule has 1 aromatic carbocycles. The maximum absolute atomic E-state index is 11.3. The number of hydrogen-bond acceptors (Lipinski definition) is 8. The SMILES string of the molecule is CSc1nc(-c2cccc([N+](=O)[O-])c2)c2c(N)c(C(=O)O)sc2n1. The Labute approximate surface area is 143 Å². The number of nitrogen functional groups attached to an aromatic ring is 1. The number of fused-ring (bicyclic) bond motifs is 1. The number of carboxylic acid groups (broad SMARTS) is 1. The van der Waals surface area contributed by atoms with Crippen molar-refractivity contribution in [2.24, 2.45) is 0 Å². The predicted octanol–water partition coefficient (Wildman–Crippen LogP) is 3.27. The molecular formula is C14H10N4O4S2. The number of nitro benzene ring substituents is 1. The number of benzene rings is 1. The Kier molecular flexibility index (Phi) is 4.08. The molecule has 0 aliphatic heterocycles. The van der Waals surface area contributed by atoms with Crippen molar-refractivity contribution in [1.29, 1.82) is 0 Å². The van der Waals surface area contributed by atoms with Crippen LogP contribution in [-0.2, 0) is 0 Å². The lowest BCUT2D eigenvalue weighted by atomic mass is 10.1. The lowest BCUT2D eigenvalue weighted by molar-refractivity contribution is -0.384. The fourth-order valence-corrected chi connectivity index (χ4v) is 3.58. The van der Waals surface area contributed by atoms with E-state index in [1.807, 2.05) is 0 Å². The third kappa shape index (κ3) is 2.65. The average molecular weight is 362 g/mol. The monoisotopic (exact) mass is 362 g/mol. The number of non-ortho nitro benzene ring substituents is 1. The van der Waals surface area contributed by atoms with Crippen LogP contribution in [0.5, 0.6) is 0 Å². The van der Waals surface area contributed by atoms with Crippen LogP contribution in [0.3, 0.4) is 0 Å². The molecule has 2 heterocycles. The van der Waals surface area contributed by atoms with Crippen LogP contribution >= 0.6 is 23.1 Å². The molecule has 0 saturated heterocycles. The summed E-state index contributed by atoms with van der Waals surface area (Å²) in [5, 5.41) is 21.1. The van der Waals surface area contributed by atoms with Crippen LogP contribution in [0.4, 0.5) is 11.4 Å². The molecular weight excluding hydrogens is 352 g/mol. The van der Waals surface area contributed by atoms with Crippen molar-refractivity contribution in [3.63, 3.8) is 0 Å². The molecule has 0 unspecified atom stereocenters. The average Bonchev–Trinajstić information content (AvgIpc) is 2.91. The van der Waals surface area contributed by atoms with E-state index in [1.165, 1.54) is 23.9 Å². The zero-order valence-corrected chi connectivity index (χ0v) is 13.8. The number of hydrogen-bond donors (Lipinski definition) is 2. The highest BCUT2D eigenvalue weighted by atomic mass is 32.2. The van der Waals surface area contributed by atoms with Gasteiger partial charge in [0.05, 0.1) is 21.7 Å². The lowest BCUT2D eigenvalue weighted by Gasteiger charge is -2.06. The molecule has 3 aromatic rings. The fourth-order valence-electron chi connectivity index (χ4n) is 2.23. The Morgan fingerprint density at radius 1 is 1.42 bits per heavy atom. The summed E-state index contributed by atoms with van der Waals surface area (Å²) in [6.45, 7) is 0. The number of carbonyl (C=O) groups is 1. The van der Waals surface area contributed by atoms with E-state index in [1.54, 1.807) is 18.4 Å². The molecule has 3 N–H and O–H groups in total. The number of nitrogens with zero attached hydrogens (tertiary/aromatic N) is 3. The van der Waals surface area contributed by atoms with Crippen molar-refractivity contribution in [2.75, 3.05) is 12.0 Å². The molecule has 0 aliphatic carbocycles. The van der Waals surface area contributed by atoms with Crippen LogP contribution in [0.25, 0.3) is 21.5 Å². The molecule has 122 valence electrons. The minimum Gasteiger partial charge on any atom is -0.477 e. The van der Waals surface area contributed by atoms with Crippen LogP contribution in [0.1, 0.15) is 9.67 Å². The van der Waals surface area contributed by atoms with Gasteiger partial charge in [-0.15, -0.1) is 11.3 Å². The van der Waals surface area contributed by atoms with Gasteiger partial charge >= 0.3 is 5.97 Å². The van der Waals surface area contributed by atoms with Gasteiger partial charge in [-0.2, -0.15) is 0 Å². The van der Waals surface area contributed by atoms with E-state index in [-0.39, 0.29) is 16.3 Å². The maximum atomic E-state index is 11.3. The fraction of sp³-hybridized carbons (Fsp3) is 0.0714. The van der Waals surface area contributed by atoms with E-state index in [9.17, 15) is 20.0 Å². The first-order valence-electron chi connectivity index (χ1n) is 6.54. The number of aromatic carboxylic acids is 1. The quantitative estimate of drug-likeness (QED) is 0.313. The number of nitrogens with two attached hydrogens (primary N) is 1. The Hall–Kier alpha value is -2.72. The van der Waals surface area contributed by atoms with Crippen molar-refractivity contribution >= 4 is 50.7 Å². The van der Waals surface area contributed by atoms with Crippen molar-refractivity contribution in [1.82, 2.24) is 9.97 Å². The molecule has 0 amide bonds. The highest BCUT2D eigenvalue weighted by Crippen LogP contribution is 2.39. The second-order valence-electron chi connectivity index (χ2n) is 4.70. The summed E-state index contributed by atoms with van der Waals surface area (Å²) in [7, 11) is 0. The second-order valence-corrected chi connectivity index (χ2v) is 6.47. The standard InChI is InChI=1S/C14H10N4O4S2/c1-23-14-16-10(6-3-2-4-7(5-6)18(21)22)8-9(15)11(13(19)20)24-12(8)17-14/h2-5H,15H2,1H3,(H,19,20). The zero-order chi connectivity index (χ0) is 17.4. The van der Waals surface area contributed by atoms with Gasteiger partial charge in [0.1, 0.15) is 9.71 Å². The third-order valence-electron chi connectivity index (χ3n) is 3.28. The van der Waals surface area contributed by atoms with E-state index in [0.717, 1.165) is 11.3 Å². The number of aromatic nitrogens is 2. The van der Waals surface area contributed by atoms with Gasteiger partial charge in [0.25, 0.3) is 5.69 Å². The number of thioether (sulfide) groups is 1. The predicted molar refractivity (Wildman–Crippen MR) is 92.7 cm³/mol. The highest BCUT2D eigenvalue weighted by Gasteiger charge is 2.22. The Morgan fingerprint density at radius 2 is 2.17 bits per heavy atom. The molecule has 24 heavy (non-hydrogen) atoms. The normalized spacial score (nSPS) is 10.9. The van der Waals surface area contributed by atoms with Gasteiger partial charge in [-0.3, -0.25) is 10.1 Å². The lowest BCUT2D eigenvalue weighted by Crippen LogP contribution is -1.98. The van der Waals surface area contributed by atoms with E-state index in [0.29, 0.717) is 26.6 Å². The first-order valence-corrected chi connectivity index (χ1v) is 8.58. The van der Waals surface area contributed by atoms with Gasteiger partial charge in [-0.05, 0) is 6.26 Å². The molecule has 0 spiro atoms. The minimum atomic E-state index is -1.15. The summed E-state index contributed by atoms with van der Waals surface area (Å²) in [6, 6.07) is 5.96. The van der Waals surface area contributed by atoms with Crippen LogP contribution in [0, 0.1) is 10.1 Å². The van der Waals surface area contributed by atoms with Crippen LogP contribution in [-0.4, -0.2) is 32.2 Å². The van der Waals surface area contributed by atoms with Gasteiger partial charge in [0, 0.05) is 17.7 Å². The van der Waals surface area contributed by atoms with Gasteiger partial charge in [-0.1, -0.05) is 23.9 Å². The summed E-state index contributed by atoms with van der Waals surface area (Å²) in [5.74, 6) is -1.15. The highest BCUT2D eigenvalue weighted by molar-refractivity contribution is 7.98. The molecule has 10 heteroatoms. The number of carboxylic acids is 1. The largest absolute Gasteiger partial charge is 0.477 e. The topological polar surface area (TPSA) is 132 Å². The summed E-state index contributed by atoms with van der Waals surface area (Å²) in [4.78, 5) is 30.9. The molecule has 0 bridgehead atoms. The summed E-state index contributed by atoms with van der Waals surface area (Å²) < 4.78 is 0.